The smallest absolute Gasteiger partial charge is 0.223 e. The van der Waals surface area contributed by atoms with Crippen LogP contribution in [0, 0.1) is 0 Å². The molecule has 0 aliphatic carbocycles. The third-order valence-corrected chi connectivity index (χ3v) is 2.40. The molecule has 0 amide bonds. The highest BCUT2D eigenvalue weighted by atomic mass is 35.5. The number of hydrogen-bond acceptors (Lipinski definition) is 3. The molecule has 0 aliphatic heterocycles. The number of phenolic OH excluding ortho intramolecular Hbond substituents is 1. The van der Waals surface area contributed by atoms with E-state index in [0.29, 0.717) is 5.52 Å². The standard InChI is InChI=1S/C11H11ClN2O/c1-6(2)10-8-4-3-7(15)5-9(8)13-11(12)14-10/h3-6,15H,1-2H3. The van der Waals surface area contributed by atoms with E-state index in [0.717, 1.165) is 11.1 Å². The molecule has 0 radical (unpaired) electrons. The normalized spacial score (nSPS) is 11.2. The van der Waals surface area contributed by atoms with E-state index in [-0.39, 0.29) is 17.0 Å². The number of fused-ring (bicyclic) bond motifs is 1. The van der Waals surface area contributed by atoms with Crippen molar-refractivity contribution in [3.63, 3.8) is 0 Å². The summed E-state index contributed by atoms with van der Waals surface area (Å²) in [6.07, 6.45) is 0. The quantitative estimate of drug-likeness (QED) is 0.755. The van der Waals surface area contributed by atoms with Gasteiger partial charge in [-0.05, 0) is 29.7 Å². The Hall–Kier alpha value is -1.35. The van der Waals surface area contributed by atoms with Crippen LogP contribution in [0.25, 0.3) is 10.9 Å². The van der Waals surface area contributed by atoms with Gasteiger partial charge in [0.05, 0.1) is 11.2 Å². The van der Waals surface area contributed by atoms with Gasteiger partial charge in [0, 0.05) is 11.5 Å². The third-order valence-electron chi connectivity index (χ3n) is 2.23. The monoisotopic (exact) mass is 222 g/mol. The Balaban J connectivity index is 2.80. The Morgan fingerprint density at radius 2 is 2.00 bits per heavy atom. The van der Waals surface area contributed by atoms with Crippen molar-refractivity contribution in [2.75, 3.05) is 0 Å². The summed E-state index contributed by atoms with van der Waals surface area (Å²) in [5.41, 5.74) is 1.59. The topological polar surface area (TPSA) is 46.0 Å². The van der Waals surface area contributed by atoms with Gasteiger partial charge in [0.1, 0.15) is 5.75 Å². The van der Waals surface area contributed by atoms with Gasteiger partial charge >= 0.3 is 0 Å². The lowest BCUT2D eigenvalue weighted by Gasteiger charge is -2.08. The predicted octanol–water partition coefficient (Wildman–Crippen LogP) is 3.11. The Bertz CT molecular complexity index is 506. The fraction of sp³-hybridized carbons (Fsp3) is 0.273. The Morgan fingerprint density at radius 1 is 1.27 bits per heavy atom. The number of hydrogen-bond donors (Lipinski definition) is 1. The van der Waals surface area contributed by atoms with Crippen molar-refractivity contribution < 1.29 is 5.11 Å². The van der Waals surface area contributed by atoms with E-state index in [1.165, 1.54) is 0 Å². The van der Waals surface area contributed by atoms with E-state index in [2.05, 4.69) is 9.97 Å². The highest BCUT2D eigenvalue weighted by molar-refractivity contribution is 6.28. The summed E-state index contributed by atoms with van der Waals surface area (Å²) in [5.74, 6) is 0.463. The molecule has 2 rings (SSSR count). The Kier molecular flexibility index (Phi) is 2.49. The molecule has 2 aromatic rings. The largest absolute Gasteiger partial charge is 0.508 e. The van der Waals surface area contributed by atoms with Crippen LogP contribution in [0.3, 0.4) is 0 Å². The van der Waals surface area contributed by atoms with Gasteiger partial charge in [0.2, 0.25) is 5.28 Å². The number of phenols is 1. The molecule has 1 heterocycles. The summed E-state index contributed by atoms with van der Waals surface area (Å²) < 4.78 is 0. The minimum absolute atomic E-state index is 0.187. The van der Waals surface area contributed by atoms with Crippen molar-refractivity contribution in [3.8, 4) is 5.75 Å². The van der Waals surface area contributed by atoms with Gasteiger partial charge in [-0.1, -0.05) is 13.8 Å². The Labute approximate surface area is 92.7 Å². The fourth-order valence-corrected chi connectivity index (χ4v) is 1.74. The minimum Gasteiger partial charge on any atom is -0.508 e. The summed E-state index contributed by atoms with van der Waals surface area (Å²) in [4.78, 5) is 8.28. The summed E-state index contributed by atoms with van der Waals surface area (Å²) in [6.45, 7) is 4.09. The fourth-order valence-electron chi connectivity index (χ4n) is 1.55. The lowest BCUT2D eigenvalue weighted by Crippen LogP contribution is -1.97. The maximum Gasteiger partial charge on any atom is 0.223 e. The summed E-state index contributed by atoms with van der Waals surface area (Å²) in [7, 11) is 0. The van der Waals surface area contributed by atoms with Crippen molar-refractivity contribution >= 4 is 22.5 Å². The van der Waals surface area contributed by atoms with Crippen LogP contribution in [-0.4, -0.2) is 15.1 Å². The van der Waals surface area contributed by atoms with Gasteiger partial charge in [-0.25, -0.2) is 9.97 Å². The first-order valence-electron chi connectivity index (χ1n) is 4.74. The average Bonchev–Trinajstić information content (AvgIpc) is 2.15. The summed E-state index contributed by atoms with van der Waals surface area (Å²) in [5, 5.41) is 10.5. The molecule has 78 valence electrons. The van der Waals surface area contributed by atoms with Crippen molar-refractivity contribution in [3.05, 3.63) is 29.2 Å². The maximum atomic E-state index is 9.35. The molecule has 0 fully saturated rings. The number of aromatic hydroxyl groups is 1. The van der Waals surface area contributed by atoms with Crippen LogP contribution < -0.4 is 0 Å². The number of nitrogens with zero attached hydrogens (tertiary/aromatic N) is 2. The zero-order chi connectivity index (χ0) is 11.0. The number of rotatable bonds is 1. The van der Waals surface area contributed by atoms with Crippen LogP contribution in [0.2, 0.25) is 5.28 Å². The van der Waals surface area contributed by atoms with E-state index in [9.17, 15) is 5.11 Å². The van der Waals surface area contributed by atoms with Crippen LogP contribution in [0.5, 0.6) is 5.75 Å². The molecular weight excluding hydrogens is 212 g/mol. The Morgan fingerprint density at radius 3 is 2.67 bits per heavy atom. The van der Waals surface area contributed by atoms with Crippen molar-refractivity contribution in [1.82, 2.24) is 9.97 Å². The molecule has 0 bridgehead atoms. The van der Waals surface area contributed by atoms with Crippen LogP contribution in [0.4, 0.5) is 0 Å². The van der Waals surface area contributed by atoms with E-state index < -0.39 is 0 Å². The van der Waals surface area contributed by atoms with E-state index in [1.54, 1.807) is 12.1 Å². The summed E-state index contributed by atoms with van der Waals surface area (Å²) >= 11 is 5.82. The second-order valence-electron chi connectivity index (χ2n) is 3.73. The molecule has 15 heavy (non-hydrogen) atoms. The first kappa shape index (κ1) is 10.2. The maximum absolute atomic E-state index is 9.35. The molecule has 0 unspecified atom stereocenters. The molecule has 1 N–H and O–H groups in total. The van der Waals surface area contributed by atoms with E-state index in [4.69, 9.17) is 11.6 Å². The SMILES string of the molecule is CC(C)c1nc(Cl)nc2cc(O)ccc12. The van der Waals surface area contributed by atoms with Gasteiger partial charge < -0.3 is 5.11 Å². The molecule has 1 aromatic heterocycles. The summed E-state index contributed by atoms with van der Waals surface area (Å²) in [6, 6.07) is 5.04. The molecule has 1 aromatic carbocycles. The minimum atomic E-state index is 0.187. The first-order valence-corrected chi connectivity index (χ1v) is 5.12. The molecular formula is C11H11ClN2O. The first-order chi connectivity index (χ1) is 7.08. The van der Waals surface area contributed by atoms with E-state index in [1.807, 2.05) is 19.9 Å². The van der Waals surface area contributed by atoms with Gasteiger partial charge in [-0.3, -0.25) is 0 Å². The lowest BCUT2D eigenvalue weighted by molar-refractivity contribution is 0.476. The molecule has 0 spiro atoms. The molecule has 0 saturated heterocycles. The van der Waals surface area contributed by atoms with E-state index >= 15 is 0 Å². The molecule has 0 atom stereocenters. The van der Waals surface area contributed by atoms with Gasteiger partial charge in [-0.2, -0.15) is 0 Å². The number of halogens is 1. The number of aromatic nitrogens is 2. The molecule has 3 nitrogen and oxygen atoms in total. The van der Waals surface area contributed by atoms with Crippen molar-refractivity contribution in [2.24, 2.45) is 0 Å². The molecule has 4 heteroatoms. The van der Waals surface area contributed by atoms with Crippen molar-refractivity contribution in [2.45, 2.75) is 19.8 Å². The van der Waals surface area contributed by atoms with Gasteiger partial charge in [0.15, 0.2) is 0 Å². The van der Waals surface area contributed by atoms with Gasteiger partial charge in [0.25, 0.3) is 0 Å². The van der Waals surface area contributed by atoms with Crippen LogP contribution in [0.15, 0.2) is 18.2 Å². The third kappa shape index (κ3) is 1.88. The molecule has 0 saturated carbocycles. The number of benzene rings is 1. The zero-order valence-corrected chi connectivity index (χ0v) is 9.28. The molecule has 0 aliphatic rings. The van der Waals surface area contributed by atoms with Crippen LogP contribution in [-0.2, 0) is 0 Å². The average molecular weight is 223 g/mol. The second kappa shape index (κ2) is 3.66. The predicted molar refractivity (Wildman–Crippen MR) is 60.3 cm³/mol. The van der Waals surface area contributed by atoms with Gasteiger partial charge in [-0.15, -0.1) is 0 Å². The van der Waals surface area contributed by atoms with Crippen molar-refractivity contribution in [1.29, 1.82) is 0 Å². The lowest BCUT2D eigenvalue weighted by atomic mass is 10.0. The second-order valence-corrected chi connectivity index (χ2v) is 4.07. The van der Waals surface area contributed by atoms with Crippen LogP contribution in [0.1, 0.15) is 25.5 Å². The highest BCUT2D eigenvalue weighted by Gasteiger charge is 2.10. The zero-order valence-electron chi connectivity index (χ0n) is 8.53. The highest BCUT2D eigenvalue weighted by Crippen LogP contribution is 2.26. The van der Waals surface area contributed by atoms with Crippen LogP contribution >= 0.6 is 11.6 Å².